The molecule has 2 aromatic rings. The van der Waals surface area contributed by atoms with Crippen molar-refractivity contribution in [2.75, 3.05) is 11.5 Å². The molecule has 0 aliphatic rings. The third kappa shape index (κ3) is 6.41. The Morgan fingerprint density at radius 2 is 0.800 bits per heavy atom. The van der Waals surface area contributed by atoms with Crippen molar-refractivity contribution >= 4 is 23.8 Å². The number of halogens is 1. The van der Waals surface area contributed by atoms with Gasteiger partial charge in [-0.3, -0.25) is 0 Å². The molecule has 0 aromatic heterocycles. The van der Waals surface area contributed by atoms with E-state index in [0.29, 0.717) is 0 Å². The molecule has 0 unspecified atom stereocenters. The van der Waals surface area contributed by atoms with Gasteiger partial charge in [-0.05, 0) is 24.3 Å². The van der Waals surface area contributed by atoms with Gasteiger partial charge in [0.05, 0.1) is 0 Å². The summed E-state index contributed by atoms with van der Waals surface area (Å²) >= 11 is 0. The number of benzene rings is 2. The number of anilines is 2. The Morgan fingerprint density at radius 3 is 0.933 bits per heavy atom. The van der Waals surface area contributed by atoms with E-state index in [4.69, 9.17) is 11.5 Å². The highest BCUT2D eigenvalue weighted by atomic mass is 35.5. The van der Waals surface area contributed by atoms with E-state index in [1.807, 2.05) is 60.7 Å². The number of rotatable bonds is 0. The first kappa shape index (κ1) is 13.3. The van der Waals surface area contributed by atoms with Gasteiger partial charge in [-0.15, -0.1) is 12.4 Å². The van der Waals surface area contributed by atoms with Crippen molar-refractivity contribution in [3.8, 4) is 0 Å². The number of para-hydroxylation sites is 2. The van der Waals surface area contributed by atoms with Crippen molar-refractivity contribution in [3.05, 3.63) is 60.7 Å². The Balaban J connectivity index is 0.000000245. The Labute approximate surface area is 96.3 Å². The van der Waals surface area contributed by atoms with Crippen LogP contribution in [0.15, 0.2) is 60.7 Å². The monoisotopic (exact) mass is 222 g/mol. The molecule has 0 aliphatic heterocycles. The highest BCUT2D eigenvalue weighted by Crippen LogP contribution is 1.96. The summed E-state index contributed by atoms with van der Waals surface area (Å²) in [4.78, 5) is 0. The average molecular weight is 223 g/mol. The minimum Gasteiger partial charge on any atom is -0.399 e. The Hall–Kier alpha value is -1.67. The van der Waals surface area contributed by atoms with Gasteiger partial charge >= 0.3 is 0 Å². The second kappa shape index (κ2) is 7.71. The van der Waals surface area contributed by atoms with Gasteiger partial charge in [0.1, 0.15) is 0 Å². The van der Waals surface area contributed by atoms with Crippen LogP contribution in [-0.4, -0.2) is 0 Å². The lowest BCUT2D eigenvalue weighted by molar-refractivity contribution is 1.69. The van der Waals surface area contributed by atoms with Crippen LogP contribution in [0.3, 0.4) is 0 Å². The Morgan fingerprint density at radius 1 is 0.533 bits per heavy atom. The van der Waals surface area contributed by atoms with Crippen LogP contribution < -0.4 is 11.5 Å². The van der Waals surface area contributed by atoms with Crippen LogP contribution in [0.1, 0.15) is 0 Å². The van der Waals surface area contributed by atoms with Crippen LogP contribution in [0.25, 0.3) is 0 Å². The third-order valence-electron chi connectivity index (χ3n) is 1.60. The first-order chi connectivity index (χ1) is 6.79. The zero-order valence-corrected chi connectivity index (χ0v) is 9.15. The molecule has 15 heavy (non-hydrogen) atoms. The standard InChI is InChI=1S/2C6H7N.ClH/c2*7-6-4-2-1-3-5-6;/h2*1-5H,7H2;1H. The molecule has 0 bridgehead atoms. The topological polar surface area (TPSA) is 52.0 Å². The van der Waals surface area contributed by atoms with Gasteiger partial charge in [0.25, 0.3) is 0 Å². The van der Waals surface area contributed by atoms with Crippen molar-refractivity contribution in [1.29, 1.82) is 0 Å². The van der Waals surface area contributed by atoms with Crippen molar-refractivity contribution < 1.29 is 0 Å². The molecule has 0 saturated carbocycles. The molecule has 0 aliphatic carbocycles. The molecule has 4 N–H and O–H groups in total. The van der Waals surface area contributed by atoms with Gasteiger partial charge < -0.3 is 11.5 Å². The maximum Gasteiger partial charge on any atom is 0.0313 e. The zero-order valence-electron chi connectivity index (χ0n) is 8.34. The predicted molar refractivity (Wildman–Crippen MR) is 69.0 cm³/mol. The number of nitrogen functional groups attached to an aromatic ring is 2. The molecule has 0 saturated heterocycles. The van der Waals surface area contributed by atoms with Crippen molar-refractivity contribution in [3.63, 3.8) is 0 Å². The van der Waals surface area contributed by atoms with E-state index in [1.54, 1.807) is 0 Å². The molecule has 2 aromatic carbocycles. The minimum atomic E-state index is 0. The minimum absolute atomic E-state index is 0. The molecular weight excluding hydrogens is 208 g/mol. The fraction of sp³-hybridized carbons (Fsp3) is 0. The predicted octanol–water partition coefficient (Wildman–Crippen LogP) is 2.96. The van der Waals surface area contributed by atoms with E-state index in [2.05, 4.69) is 0 Å². The van der Waals surface area contributed by atoms with E-state index in [0.717, 1.165) is 11.4 Å². The molecule has 2 nitrogen and oxygen atoms in total. The molecule has 0 spiro atoms. The van der Waals surface area contributed by atoms with E-state index in [1.165, 1.54) is 0 Å². The van der Waals surface area contributed by atoms with Gasteiger partial charge in [0.15, 0.2) is 0 Å². The van der Waals surface area contributed by atoms with Gasteiger partial charge in [-0.1, -0.05) is 36.4 Å². The highest BCUT2D eigenvalue weighted by Gasteiger charge is 1.72. The first-order valence-electron chi connectivity index (χ1n) is 4.40. The van der Waals surface area contributed by atoms with Crippen molar-refractivity contribution in [2.24, 2.45) is 0 Å². The zero-order chi connectivity index (χ0) is 10.2. The number of hydrogen-bond acceptors (Lipinski definition) is 2. The summed E-state index contributed by atoms with van der Waals surface area (Å²) in [5, 5.41) is 0. The molecule has 2 rings (SSSR count). The Kier molecular flexibility index (Phi) is 6.85. The summed E-state index contributed by atoms with van der Waals surface area (Å²) in [6, 6.07) is 19.0. The molecule has 3 heteroatoms. The van der Waals surface area contributed by atoms with E-state index in [9.17, 15) is 0 Å². The second-order valence-corrected chi connectivity index (χ2v) is 2.82. The molecule has 0 amide bonds. The quantitative estimate of drug-likeness (QED) is 0.674. The lowest BCUT2D eigenvalue weighted by Crippen LogP contribution is -1.79. The summed E-state index contributed by atoms with van der Waals surface area (Å²) < 4.78 is 0. The summed E-state index contributed by atoms with van der Waals surface area (Å²) in [5.74, 6) is 0. The SMILES string of the molecule is Cl.Nc1ccccc1.Nc1ccccc1. The summed E-state index contributed by atoms with van der Waals surface area (Å²) in [7, 11) is 0. The van der Waals surface area contributed by atoms with Crippen LogP contribution in [0.4, 0.5) is 11.4 Å². The fourth-order valence-electron chi connectivity index (χ4n) is 0.906. The van der Waals surface area contributed by atoms with Crippen LogP contribution in [-0.2, 0) is 0 Å². The van der Waals surface area contributed by atoms with Gasteiger partial charge in [-0.2, -0.15) is 0 Å². The van der Waals surface area contributed by atoms with Crippen LogP contribution in [0.5, 0.6) is 0 Å². The third-order valence-corrected chi connectivity index (χ3v) is 1.60. The van der Waals surface area contributed by atoms with Crippen LogP contribution in [0, 0.1) is 0 Å². The van der Waals surface area contributed by atoms with Gasteiger partial charge in [-0.25, -0.2) is 0 Å². The summed E-state index contributed by atoms with van der Waals surface area (Å²) in [6.45, 7) is 0. The lowest BCUT2D eigenvalue weighted by atomic mass is 10.3. The number of nitrogens with two attached hydrogens (primary N) is 2. The van der Waals surface area contributed by atoms with Crippen LogP contribution >= 0.6 is 12.4 Å². The maximum atomic E-state index is 5.36. The van der Waals surface area contributed by atoms with Crippen LogP contribution in [0.2, 0.25) is 0 Å². The number of hydrogen-bond donors (Lipinski definition) is 2. The molecule has 0 atom stereocenters. The molecule has 0 fully saturated rings. The average Bonchev–Trinajstić information content (AvgIpc) is 2.21. The van der Waals surface area contributed by atoms with E-state index >= 15 is 0 Å². The second-order valence-electron chi connectivity index (χ2n) is 2.82. The molecule has 80 valence electrons. The van der Waals surface area contributed by atoms with E-state index in [-0.39, 0.29) is 12.4 Å². The lowest BCUT2D eigenvalue weighted by Gasteiger charge is -1.83. The summed E-state index contributed by atoms with van der Waals surface area (Å²) in [6.07, 6.45) is 0. The molecular formula is C12H15ClN2. The van der Waals surface area contributed by atoms with Crippen molar-refractivity contribution in [1.82, 2.24) is 0 Å². The fourth-order valence-corrected chi connectivity index (χ4v) is 0.906. The maximum absolute atomic E-state index is 5.36. The van der Waals surface area contributed by atoms with E-state index < -0.39 is 0 Å². The summed E-state index contributed by atoms with van der Waals surface area (Å²) in [5.41, 5.74) is 12.4. The Bertz CT molecular complexity index is 311. The van der Waals surface area contributed by atoms with Gasteiger partial charge in [0.2, 0.25) is 0 Å². The van der Waals surface area contributed by atoms with Gasteiger partial charge in [0, 0.05) is 11.4 Å². The first-order valence-corrected chi connectivity index (χ1v) is 4.40. The van der Waals surface area contributed by atoms with Crippen molar-refractivity contribution in [2.45, 2.75) is 0 Å². The smallest absolute Gasteiger partial charge is 0.0313 e. The molecule has 0 heterocycles. The normalized spacial score (nSPS) is 8.00. The molecule has 0 radical (unpaired) electrons. The highest BCUT2D eigenvalue weighted by molar-refractivity contribution is 5.85. The largest absolute Gasteiger partial charge is 0.399 e.